The van der Waals surface area contributed by atoms with Crippen molar-refractivity contribution in [2.75, 3.05) is 0 Å². The largest absolute Gasteiger partial charge is 0.456 e. The molecule has 32 heavy (non-hydrogen) atoms. The Labute approximate surface area is 195 Å². The third kappa shape index (κ3) is 5.68. The number of carbonyl (C=O) groups is 1. The van der Waals surface area contributed by atoms with E-state index in [4.69, 9.17) is 9.47 Å². The number of carbonyl (C=O) groups excluding carboxylic acids is 1. The summed E-state index contributed by atoms with van der Waals surface area (Å²) >= 11 is 0. The molecule has 2 unspecified atom stereocenters. The Balaban J connectivity index is 1.77. The molecule has 1 aromatic carbocycles. The molecule has 0 spiro atoms. The summed E-state index contributed by atoms with van der Waals surface area (Å²) in [5.74, 6) is -0.389. The van der Waals surface area contributed by atoms with Gasteiger partial charge in [0.25, 0.3) is 5.56 Å². The fourth-order valence-corrected chi connectivity index (χ4v) is 5.82. The van der Waals surface area contributed by atoms with E-state index in [1.165, 1.54) is 10.8 Å². The average Bonchev–Trinajstić information content (AvgIpc) is 3.16. The highest BCUT2D eigenvalue weighted by atomic mass is 33.1. The minimum absolute atomic E-state index is 0.128. The van der Waals surface area contributed by atoms with E-state index in [2.05, 4.69) is 25.8 Å². The highest BCUT2D eigenvalue weighted by Gasteiger charge is 2.38. The Morgan fingerprint density at radius 2 is 1.97 bits per heavy atom. The van der Waals surface area contributed by atoms with E-state index in [0.29, 0.717) is 29.2 Å². The molecule has 1 saturated heterocycles. The predicted octanol–water partition coefficient (Wildman–Crippen LogP) is 4.62. The van der Waals surface area contributed by atoms with Crippen LogP contribution in [0.2, 0.25) is 0 Å². The number of nitrogens with zero attached hydrogens (tertiary/aromatic N) is 1. The van der Waals surface area contributed by atoms with Crippen molar-refractivity contribution in [2.45, 2.75) is 76.4 Å². The predicted molar refractivity (Wildman–Crippen MR) is 129 cm³/mol. The van der Waals surface area contributed by atoms with Gasteiger partial charge in [-0.1, -0.05) is 60.6 Å². The molecular weight excluding hydrogens is 448 g/mol. The first-order valence-electron chi connectivity index (χ1n) is 10.8. The van der Waals surface area contributed by atoms with Crippen LogP contribution in [0, 0.1) is 6.92 Å². The molecule has 174 valence electrons. The highest BCUT2D eigenvalue weighted by molar-refractivity contribution is 8.77. The van der Waals surface area contributed by atoms with Gasteiger partial charge in [-0.15, -0.1) is 0 Å². The topological polar surface area (TPSA) is 90.4 Å². The standard InChI is InChI=1S/C23H30N2O5S2/c1-6-18-19(11-20(29-18)25-12-14(4)21(26)24-23(25)28)30-22(27)17-10-8-7-9-16(17)15(5)32-31-13(2)3/h7-10,12-13,15,18-20H,6,11H2,1-5H3,(H,24,26,28)/t15?,18-,19?,20-/m1/s1. The molecule has 0 radical (unpaired) electrons. The van der Waals surface area contributed by atoms with Crippen LogP contribution >= 0.6 is 21.6 Å². The number of nitrogens with one attached hydrogen (secondary N) is 1. The maximum absolute atomic E-state index is 13.1. The molecule has 1 N–H and O–H groups in total. The lowest BCUT2D eigenvalue weighted by atomic mass is 10.0. The van der Waals surface area contributed by atoms with Gasteiger partial charge in [-0.05, 0) is 31.9 Å². The van der Waals surface area contributed by atoms with Crippen LogP contribution in [-0.4, -0.2) is 33.0 Å². The van der Waals surface area contributed by atoms with E-state index in [1.807, 2.05) is 25.1 Å². The number of ether oxygens (including phenoxy) is 2. The van der Waals surface area contributed by atoms with Crippen LogP contribution < -0.4 is 11.2 Å². The van der Waals surface area contributed by atoms with Crippen molar-refractivity contribution in [3.8, 4) is 0 Å². The van der Waals surface area contributed by atoms with E-state index >= 15 is 0 Å². The van der Waals surface area contributed by atoms with Crippen LogP contribution in [0.3, 0.4) is 0 Å². The lowest BCUT2D eigenvalue weighted by Crippen LogP contribution is -2.33. The maximum atomic E-state index is 13.1. The van der Waals surface area contributed by atoms with E-state index in [0.717, 1.165) is 5.56 Å². The molecule has 1 aliphatic heterocycles. The number of hydrogen-bond acceptors (Lipinski definition) is 7. The van der Waals surface area contributed by atoms with Crippen molar-refractivity contribution in [2.24, 2.45) is 0 Å². The summed E-state index contributed by atoms with van der Waals surface area (Å²) in [7, 11) is 3.52. The van der Waals surface area contributed by atoms with Gasteiger partial charge in [0.1, 0.15) is 12.3 Å². The minimum Gasteiger partial charge on any atom is -0.456 e. The highest BCUT2D eigenvalue weighted by Crippen LogP contribution is 2.41. The third-order valence-electron chi connectivity index (χ3n) is 5.31. The zero-order valence-electron chi connectivity index (χ0n) is 19.0. The van der Waals surface area contributed by atoms with Gasteiger partial charge in [-0.3, -0.25) is 14.3 Å². The van der Waals surface area contributed by atoms with Crippen molar-refractivity contribution in [3.05, 3.63) is 68.0 Å². The van der Waals surface area contributed by atoms with Gasteiger partial charge in [-0.25, -0.2) is 9.59 Å². The molecule has 0 saturated carbocycles. The van der Waals surface area contributed by atoms with Crippen molar-refractivity contribution >= 4 is 27.6 Å². The first kappa shape index (κ1) is 24.7. The third-order valence-corrected chi connectivity index (χ3v) is 8.70. The van der Waals surface area contributed by atoms with Crippen molar-refractivity contribution in [1.29, 1.82) is 0 Å². The summed E-state index contributed by atoms with van der Waals surface area (Å²) in [6.45, 7) is 9.94. The Bertz CT molecular complexity index is 1060. The van der Waals surface area contributed by atoms with Crippen molar-refractivity contribution in [3.63, 3.8) is 0 Å². The molecule has 1 aromatic heterocycles. The van der Waals surface area contributed by atoms with Crippen molar-refractivity contribution < 1.29 is 14.3 Å². The summed E-state index contributed by atoms with van der Waals surface area (Å²) in [4.78, 5) is 39.4. The molecule has 2 aromatic rings. The van der Waals surface area contributed by atoms with Gasteiger partial charge in [0.2, 0.25) is 0 Å². The lowest BCUT2D eigenvalue weighted by molar-refractivity contribution is -0.0310. The summed E-state index contributed by atoms with van der Waals surface area (Å²) in [5, 5.41) is 0.614. The molecule has 1 aliphatic rings. The zero-order chi connectivity index (χ0) is 23.4. The molecule has 0 bridgehead atoms. The van der Waals surface area contributed by atoms with Gasteiger partial charge in [0, 0.05) is 28.7 Å². The number of esters is 1. The van der Waals surface area contributed by atoms with Crippen LogP contribution in [0.15, 0.2) is 40.1 Å². The fraction of sp³-hybridized carbons (Fsp3) is 0.522. The number of aromatic amines is 1. The van der Waals surface area contributed by atoms with Crippen LogP contribution in [0.4, 0.5) is 0 Å². The molecular formula is C23H30N2O5S2. The summed E-state index contributed by atoms with van der Waals surface area (Å²) in [5.41, 5.74) is 0.949. The zero-order valence-corrected chi connectivity index (χ0v) is 20.6. The second-order valence-electron chi connectivity index (χ2n) is 8.17. The minimum atomic E-state index is -0.604. The Morgan fingerprint density at radius 3 is 2.66 bits per heavy atom. The van der Waals surface area contributed by atoms with Crippen LogP contribution in [0.25, 0.3) is 0 Å². The SMILES string of the molecule is CC[C@H]1O[C@@H](n2cc(C)c(=O)[nH]c2=O)CC1OC(=O)c1ccccc1C(C)SSC(C)C. The van der Waals surface area contributed by atoms with E-state index < -0.39 is 23.6 Å². The molecule has 2 heterocycles. The van der Waals surface area contributed by atoms with Crippen LogP contribution in [0.1, 0.15) is 73.5 Å². The number of benzene rings is 1. The fourth-order valence-electron chi connectivity index (χ4n) is 3.64. The van der Waals surface area contributed by atoms with E-state index in [-0.39, 0.29) is 17.3 Å². The number of hydrogen-bond donors (Lipinski definition) is 1. The van der Waals surface area contributed by atoms with Crippen LogP contribution in [0.5, 0.6) is 0 Å². The quantitative estimate of drug-likeness (QED) is 0.437. The van der Waals surface area contributed by atoms with Crippen molar-refractivity contribution in [1.82, 2.24) is 9.55 Å². The monoisotopic (exact) mass is 478 g/mol. The molecule has 3 rings (SSSR count). The summed E-state index contributed by atoms with van der Waals surface area (Å²) < 4.78 is 13.3. The second-order valence-corrected chi connectivity index (χ2v) is 11.4. The maximum Gasteiger partial charge on any atom is 0.338 e. The molecule has 0 aliphatic carbocycles. The molecule has 1 fully saturated rings. The van der Waals surface area contributed by atoms with Gasteiger partial charge in [0.05, 0.1) is 11.7 Å². The Kier molecular flexibility index (Phi) is 8.30. The molecule has 4 atom stereocenters. The molecule has 0 amide bonds. The number of rotatable bonds is 8. The number of aromatic nitrogens is 2. The van der Waals surface area contributed by atoms with Crippen LogP contribution in [-0.2, 0) is 9.47 Å². The normalized spacial score (nSPS) is 21.6. The van der Waals surface area contributed by atoms with Gasteiger partial charge in [0.15, 0.2) is 0 Å². The van der Waals surface area contributed by atoms with Gasteiger partial charge in [-0.2, -0.15) is 0 Å². The second kappa shape index (κ2) is 10.8. The lowest BCUT2D eigenvalue weighted by Gasteiger charge is -2.20. The molecule has 7 nitrogen and oxygen atoms in total. The number of H-pyrrole nitrogens is 1. The number of aryl methyl sites for hydroxylation is 1. The summed E-state index contributed by atoms with van der Waals surface area (Å²) in [6, 6.07) is 7.51. The average molecular weight is 479 g/mol. The van der Waals surface area contributed by atoms with E-state index in [1.54, 1.807) is 34.6 Å². The smallest absolute Gasteiger partial charge is 0.338 e. The Morgan fingerprint density at radius 1 is 1.25 bits per heavy atom. The summed E-state index contributed by atoms with van der Waals surface area (Å²) in [6.07, 6.45) is 1.03. The first-order chi connectivity index (χ1) is 15.2. The van der Waals surface area contributed by atoms with Gasteiger partial charge < -0.3 is 9.47 Å². The first-order valence-corrected chi connectivity index (χ1v) is 13.1. The van der Waals surface area contributed by atoms with Gasteiger partial charge >= 0.3 is 11.7 Å². The van der Waals surface area contributed by atoms with E-state index in [9.17, 15) is 14.4 Å². The Hall–Kier alpha value is -1.97. The molecule has 9 heteroatoms.